The fourth-order valence-corrected chi connectivity index (χ4v) is 3.47. The quantitative estimate of drug-likeness (QED) is 0.800. The fourth-order valence-electron chi connectivity index (χ4n) is 2.51. The van der Waals surface area contributed by atoms with Crippen LogP contribution in [0.4, 0.5) is 0 Å². The predicted octanol–water partition coefficient (Wildman–Crippen LogP) is 3.54. The monoisotopic (exact) mass is 316 g/mol. The standard InChI is InChI=1S/C17H20N2O2S/c1-12(2)21-14-7-5-13(6-8-14)11-15-16(20)18-17(22-15)19-9-3-4-10-19/h5-8,11-12H,3-4,9-10H2,1-2H3. The molecule has 2 heterocycles. The number of hydrogen-bond acceptors (Lipinski definition) is 4. The van der Waals surface area contributed by atoms with Crippen molar-refractivity contribution < 1.29 is 9.53 Å². The number of hydrogen-bond donors (Lipinski definition) is 0. The Morgan fingerprint density at radius 3 is 2.55 bits per heavy atom. The Kier molecular flexibility index (Phi) is 4.52. The Bertz CT molecular complexity index is 614. The average molecular weight is 316 g/mol. The molecule has 3 rings (SSSR count). The second-order valence-corrected chi connectivity index (χ2v) is 6.75. The molecule has 1 aromatic carbocycles. The maximum absolute atomic E-state index is 12.0. The zero-order chi connectivity index (χ0) is 15.5. The number of amidine groups is 1. The Morgan fingerprint density at radius 1 is 1.23 bits per heavy atom. The Balaban J connectivity index is 1.69. The van der Waals surface area contributed by atoms with Crippen LogP contribution in [0.25, 0.3) is 6.08 Å². The molecule has 5 heteroatoms. The number of rotatable bonds is 3. The molecule has 0 aliphatic carbocycles. The topological polar surface area (TPSA) is 41.9 Å². The van der Waals surface area contributed by atoms with Gasteiger partial charge < -0.3 is 9.64 Å². The van der Waals surface area contributed by atoms with Crippen LogP contribution in [0, 0.1) is 0 Å². The number of carbonyl (C=O) groups is 1. The van der Waals surface area contributed by atoms with Gasteiger partial charge in [0.1, 0.15) is 5.75 Å². The average Bonchev–Trinajstić information content (AvgIpc) is 3.11. The van der Waals surface area contributed by atoms with Crippen molar-refractivity contribution >= 4 is 28.9 Å². The molecule has 1 saturated heterocycles. The highest BCUT2D eigenvalue weighted by Gasteiger charge is 2.27. The summed E-state index contributed by atoms with van der Waals surface area (Å²) in [6.07, 6.45) is 4.43. The van der Waals surface area contributed by atoms with Crippen LogP contribution in [0.1, 0.15) is 32.3 Å². The van der Waals surface area contributed by atoms with Gasteiger partial charge in [0.05, 0.1) is 11.0 Å². The summed E-state index contributed by atoms with van der Waals surface area (Å²) in [5, 5.41) is 0.855. The van der Waals surface area contributed by atoms with E-state index >= 15 is 0 Å². The molecule has 22 heavy (non-hydrogen) atoms. The third kappa shape index (κ3) is 3.53. The lowest BCUT2D eigenvalue weighted by molar-refractivity contribution is -0.113. The molecule has 0 radical (unpaired) electrons. The normalized spacial score (nSPS) is 20.1. The van der Waals surface area contributed by atoms with Crippen molar-refractivity contribution in [3.63, 3.8) is 0 Å². The van der Waals surface area contributed by atoms with E-state index in [0.29, 0.717) is 4.91 Å². The molecule has 1 amide bonds. The largest absolute Gasteiger partial charge is 0.491 e. The number of likely N-dealkylation sites (tertiary alicyclic amines) is 1. The van der Waals surface area contributed by atoms with E-state index in [1.54, 1.807) is 0 Å². The van der Waals surface area contributed by atoms with E-state index in [-0.39, 0.29) is 12.0 Å². The van der Waals surface area contributed by atoms with E-state index in [0.717, 1.165) is 29.6 Å². The first-order valence-electron chi connectivity index (χ1n) is 7.66. The number of aliphatic imine (C=N–C) groups is 1. The predicted molar refractivity (Wildman–Crippen MR) is 91.0 cm³/mol. The van der Waals surface area contributed by atoms with Gasteiger partial charge in [-0.3, -0.25) is 4.79 Å². The third-order valence-corrected chi connectivity index (χ3v) is 4.58. The van der Waals surface area contributed by atoms with Crippen molar-refractivity contribution in [3.8, 4) is 5.75 Å². The van der Waals surface area contributed by atoms with Crippen LogP contribution < -0.4 is 4.74 Å². The highest BCUT2D eigenvalue weighted by molar-refractivity contribution is 8.18. The lowest BCUT2D eigenvalue weighted by Gasteiger charge is -2.14. The summed E-state index contributed by atoms with van der Waals surface area (Å²) in [6, 6.07) is 7.79. The van der Waals surface area contributed by atoms with Crippen LogP contribution in [0.2, 0.25) is 0 Å². The van der Waals surface area contributed by atoms with Crippen LogP contribution in [0.15, 0.2) is 34.2 Å². The van der Waals surface area contributed by atoms with Gasteiger partial charge >= 0.3 is 0 Å². The van der Waals surface area contributed by atoms with Crippen LogP contribution in [0.3, 0.4) is 0 Å². The number of carbonyl (C=O) groups excluding carboxylic acids is 1. The number of ether oxygens (including phenoxy) is 1. The van der Waals surface area contributed by atoms with E-state index in [1.165, 1.54) is 24.6 Å². The first kappa shape index (κ1) is 15.2. The molecule has 4 nitrogen and oxygen atoms in total. The van der Waals surface area contributed by atoms with Crippen LogP contribution >= 0.6 is 11.8 Å². The summed E-state index contributed by atoms with van der Waals surface area (Å²) < 4.78 is 5.62. The summed E-state index contributed by atoms with van der Waals surface area (Å²) in [6.45, 7) is 6.02. The van der Waals surface area contributed by atoms with Gasteiger partial charge in [-0.2, -0.15) is 4.99 Å². The second kappa shape index (κ2) is 6.57. The minimum atomic E-state index is -0.130. The highest BCUT2D eigenvalue weighted by atomic mass is 32.2. The van der Waals surface area contributed by atoms with E-state index < -0.39 is 0 Å². The van der Waals surface area contributed by atoms with Crippen LogP contribution in [-0.4, -0.2) is 35.2 Å². The zero-order valence-corrected chi connectivity index (χ0v) is 13.7. The van der Waals surface area contributed by atoms with Gasteiger partial charge in [-0.15, -0.1) is 0 Å². The van der Waals surface area contributed by atoms with Crippen LogP contribution in [-0.2, 0) is 4.79 Å². The van der Waals surface area contributed by atoms with Crippen molar-refractivity contribution in [1.82, 2.24) is 4.90 Å². The molecule has 0 bridgehead atoms. The smallest absolute Gasteiger partial charge is 0.286 e. The maximum atomic E-state index is 12.0. The molecule has 2 aliphatic rings. The summed E-state index contributed by atoms with van der Waals surface area (Å²) in [5.41, 5.74) is 0.991. The molecule has 0 spiro atoms. The number of amides is 1. The van der Waals surface area contributed by atoms with Gasteiger partial charge in [0.2, 0.25) is 0 Å². The van der Waals surface area contributed by atoms with Gasteiger partial charge in [-0.1, -0.05) is 12.1 Å². The number of nitrogens with zero attached hydrogens (tertiary/aromatic N) is 2. The Morgan fingerprint density at radius 2 is 1.91 bits per heavy atom. The molecule has 1 fully saturated rings. The number of thioether (sulfide) groups is 1. The van der Waals surface area contributed by atoms with Gasteiger partial charge in [-0.05, 0) is 62.2 Å². The van der Waals surface area contributed by atoms with Crippen LogP contribution in [0.5, 0.6) is 5.75 Å². The van der Waals surface area contributed by atoms with E-state index in [9.17, 15) is 4.79 Å². The van der Waals surface area contributed by atoms with Crippen molar-refractivity contribution in [2.45, 2.75) is 32.8 Å². The third-order valence-electron chi connectivity index (χ3n) is 3.54. The minimum Gasteiger partial charge on any atom is -0.491 e. The molecule has 0 atom stereocenters. The van der Waals surface area contributed by atoms with Crippen molar-refractivity contribution in [2.24, 2.45) is 4.99 Å². The Hall–Kier alpha value is -1.75. The van der Waals surface area contributed by atoms with Crippen molar-refractivity contribution in [1.29, 1.82) is 0 Å². The molecule has 0 aromatic heterocycles. The molecule has 116 valence electrons. The molecule has 0 N–H and O–H groups in total. The summed E-state index contributed by atoms with van der Waals surface area (Å²) in [5.74, 6) is 0.714. The summed E-state index contributed by atoms with van der Waals surface area (Å²) in [7, 11) is 0. The molecule has 1 aromatic rings. The molecule has 0 saturated carbocycles. The zero-order valence-electron chi connectivity index (χ0n) is 12.9. The first-order valence-corrected chi connectivity index (χ1v) is 8.48. The van der Waals surface area contributed by atoms with Crippen molar-refractivity contribution in [2.75, 3.05) is 13.1 Å². The second-order valence-electron chi connectivity index (χ2n) is 5.74. The maximum Gasteiger partial charge on any atom is 0.286 e. The lowest BCUT2D eigenvalue weighted by Crippen LogP contribution is -2.23. The number of benzene rings is 1. The van der Waals surface area contributed by atoms with Gasteiger partial charge in [0.15, 0.2) is 5.17 Å². The fraction of sp³-hybridized carbons (Fsp3) is 0.412. The van der Waals surface area contributed by atoms with Gasteiger partial charge in [-0.25, -0.2) is 0 Å². The minimum absolute atomic E-state index is 0.130. The SMILES string of the molecule is CC(C)Oc1ccc(C=C2SC(N3CCCC3)=NC2=O)cc1. The highest BCUT2D eigenvalue weighted by Crippen LogP contribution is 2.31. The van der Waals surface area contributed by atoms with Gasteiger partial charge in [0, 0.05) is 13.1 Å². The summed E-state index contributed by atoms with van der Waals surface area (Å²) >= 11 is 1.48. The van der Waals surface area contributed by atoms with E-state index in [2.05, 4.69) is 9.89 Å². The van der Waals surface area contributed by atoms with E-state index in [4.69, 9.17) is 4.74 Å². The molecular weight excluding hydrogens is 296 g/mol. The lowest BCUT2D eigenvalue weighted by atomic mass is 10.2. The molecule has 2 aliphatic heterocycles. The first-order chi connectivity index (χ1) is 10.6. The molecular formula is C17H20N2O2S. The summed E-state index contributed by atoms with van der Waals surface area (Å²) in [4.78, 5) is 19.1. The van der Waals surface area contributed by atoms with Gasteiger partial charge in [0.25, 0.3) is 5.91 Å². The molecule has 0 unspecified atom stereocenters. The Labute approximate surface area is 135 Å². The van der Waals surface area contributed by atoms with E-state index in [1.807, 2.05) is 44.2 Å². The van der Waals surface area contributed by atoms with Crippen molar-refractivity contribution in [3.05, 3.63) is 34.7 Å².